The van der Waals surface area contributed by atoms with E-state index in [9.17, 15) is 4.79 Å². The molecule has 0 spiro atoms. The first-order valence-corrected chi connectivity index (χ1v) is 4.36. The third kappa shape index (κ3) is 5.84. The SMILES string of the molecule is C=CC(=O)CCC(C)CCC. The molecule has 0 heterocycles. The average molecular weight is 154 g/mol. The molecule has 0 aromatic heterocycles. The Morgan fingerprint density at radius 3 is 2.64 bits per heavy atom. The van der Waals surface area contributed by atoms with Crippen LogP contribution in [-0.4, -0.2) is 5.78 Å². The molecule has 0 aliphatic rings. The molecular formula is C10H18O. The van der Waals surface area contributed by atoms with E-state index in [1.165, 1.54) is 18.9 Å². The first-order valence-electron chi connectivity index (χ1n) is 4.36. The van der Waals surface area contributed by atoms with Crippen molar-refractivity contribution in [1.82, 2.24) is 0 Å². The van der Waals surface area contributed by atoms with Gasteiger partial charge in [0.15, 0.2) is 5.78 Å². The standard InChI is InChI=1S/C10H18O/c1-4-6-9(3)7-8-10(11)5-2/h5,9H,2,4,6-8H2,1,3H3. The van der Waals surface area contributed by atoms with Crippen LogP contribution in [0.25, 0.3) is 0 Å². The van der Waals surface area contributed by atoms with Crippen LogP contribution in [-0.2, 0) is 4.79 Å². The van der Waals surface area contributed by atoms with Gasteiger partial charge in [0.1, 0.15) is 0 Å². The van der Waals surface area contributed by atoms with Crippen LogP contribution < -0.4 is 0 Å². The van der Waals surface area contributed by atoms with Crippen molar-refractivity contribution in [3.8, 4) is 0 Å². The van der Waals surface area contributed by atoms with Gasteiger partial charge in [-0.15, -0.1) is 0 Å². The second kappa shape index (κ2) is 6.14. The van der Waals surface area contributed by atoms with Gasteiger partial charge in [-0.2, -0.15) is 0 Å². The Morgan fingerprint density at radius 1 is 1.55 bits per heavy atom. The summed E-state index contributed by atoms with van der Waals surface area (Å²) in [7, 11) is 0. The first kappa shape index (κ1) is 10.4. The zero-order valence-electron chi connectivity index (χ0n) is 7.60. The summed E-state index contributed by atoms with van der Waals surface area (Å²) in [4.78, 5) is 10.8. The molecule has 0 fully saturated rings. The molecule has 0 aliphatic carbocycles. The molecule has 11 heavy (non-hydrogen) atoms. The summed E-state index contributed by atoms with van der Waals surface area (Å²) in [6, 6.07) is 0. The summed E-state index contributed by atoms with van der Waals surface area (Å²) < 4.78 is 0. The zero-order valence-corrected chi connectivity index (χ0v) is 7.60. The Kier molecular flexibility index (Phi) is 5.81. The molecule has 0 radical (unpaired) electrons. The lowest BCUT2D eigenvalue weighted by Gasteiger charge is -2.06. The van der Waals surface area contributed by atoms with Crippen molar-refractivity contribution in [2.75, 3.05) is 0 Å². The summed E-state index contributed by atoms with van der Waals surface area (Å²) in [5, 5.41) is 0. The normalized spacial score (nSPS) is 12.5. The average Bonchev–Trinajstić information content (AvgIpc) is 2.01. The smallest absolute Gasteiger partial charge is 0.155 e. The van der Waals surface area contributed by atoms with E-state index < -0.39 is 0 Å². The highest BCUT2D eigenvalue weighted by molar-refractivity contribution is 5.88. The number of carbonyl (C=O) groups excluding carboxylic acids is 1. The third-order valence-electron chi connectivity index (χ3n) is 1.89. The van der Waals surface area contributed by atoms with Gasteiger partial charge in [-0.3, -0.25) is 4.79 Å². The Hall–Kier alpha value is -0.590. The summed E-state index contributed by atoms with van der Waals surface area (Å²) in [5.41, 5.74) is 0. The number of carbonyl (C=O) groups is 1. The molecule has 1 heteroatoms. The number of hydrogen-bond acceptors (Lipinski definition) is 1. The molecular weight excluding hydrogens is 136 g/mol. The van der Waals surface area contributed by atoms with Gasteiger partial charge in [-0.05, 0) is 18.4 Å². The molecule has 0 N–H and O–H groups in total. The van der Waals surface area contributed by atoms with Crippen LogP contribution in [0.1, 0.15) is 39.5 Å². The minimum atomic E-state index is 0.174. The number of rotatable bonds is 6. The maximum atomic E-state index is 10.8. The van der Waals surface area contributed by atoms with Crippen molar-refractivity contribution in [1.29, 1.82) is 0 Å². The second-order valence-corrected chi connectivity index (χ2v) is 3.10. The quantitative estimate of drug-likeness (QED) is 0.537. The minimum absolute atomic E-state index is 0.174. The Balaban J connectivity index is 3.37. The molecule has 0 aromatic rings. The van der Waals surface area contributed by atoms with E-state index in [1.54, 1.807) is 0 Å². The molecule has 0 saturated heterocycles. The molecule has 64 valence electrons. The van der Waals surface area contributed by atoms with Gasteiger partial charge in [-0.1, -0.05) is 33.3 Å². The van der Waals surface area contributed by atoms with E-state index in [2.05, 4.69) is 20.4 Å². The van der Waals surface area contributed by atoms with Gasteiger partial charge in [0.2, 0.25) is 0 Å². The summed E-state index contributed by atoms with van der Waals surface area (Å²) in [6.45, 7) is 7.80. The second-order valence-electron chi connectivity index (χ2n) is 3.10. The molecule has 1 nitrogen and oxygen atoms in total. The van der Waals surface area contributed by atoms with E-state index in [0.717, 1.165) is 6.42 Å². The first-order chi connectivity index (χ1) is 5.20. The molecule has 1 atom stereocenters. The number of allylic oxidation sites excluding steroid dienone is 1. The lowest BCUT2D eigenvalue weighted by molar-refractivity contribution is -0.114. The fourth-order valence-corrected chi connectivity index (χ4v) is 1.13. The Morgan fingerprint density at radius 2 is 2.18 bits per heavy atom. The van der Waals surface area contributed by atoms with E-state index in [4.69, 9.17) is 0 Å². The lowest BCUT2D eigenvalue weighted by Crippen LogP contribution is -1.98. The molecule has 0 bridgehead atoms. The van der Waals surface area contributed by atoms with E-state index in [0.29, 0.717) is 12.3 Å². The van der Waals surface area contributed by atoms with E-state index in [-0.39, 0.29) is 5.78 Å². The van der Waals surface area contributed by atoms with Gasteiger partial charge in [0, 0.05) is 6.42 Å². The van der Waals surface area contributed by atoms with Crippen molar-refractivity contribution in [2.24, 2.45) is 5.92 Å². The van der Waals surface area contributed by atoms with Crippen LogP contribution in [0, 0.1) is 5.92 Å². The molecule has 0 aliphatic heterocycles. The molecule has 0 rings (SSSR count). The molecule has 0 aromatic carbocycles. The topological polar surface area (TPSA) is 17.1 Å². The monoisotopic (exact) mass is 154 g/mol. The van der Waals surface area contributed by atoms with E-state index >= 15 is 0 Å². The van der Waals surface area contributed by atoms with Crippen LogP contribution in [0.3, 0.4) is 0 Å². The van der Waals surface area contributed by atoms with Crippen LogP contribution in [0.5, 0.6) is 0 Å². The minimum Gasteiger partial charge on any atom is -0.295 e. The summed E-state index contributed by atoms with van der Waals surface area (Å²) in [6.07, 6.45) is 5.54. The van der Waals surface area contributed by atoms with Crippen molar-refractivity contribution < 1.29 is 4.79 Å². The van der Waals surface area contributed by atoms with Crippen molar-refractivity contribution >= 4 is 5.78 Å². The third-order valence-corrected chi connectivity index (χ3v) is 1.89. The lowest BCUT2D eigenvalue weighted by atomic mass is 9.99. The maximum absolute atomic E-state index is 10.8. The van der Waals surface area contributed by atoms with Gasteiger partial charge in [0.05, 0.1) is 0 Å². The van der Waals surface area contributed by atoms with Crippen LogP contribution in [0.4, 0.5) is 0 Å². The van der Waals surface area contributed by atoms with E-state index in [1.807, 2.05) is 0 Å². The fraction of sp³-hybridized carbons (Fsp3) is 0.700. The van der Waals surface area contributed by atoms with Crippen molar-refractivity contribution in [3.63, 3.8) is 0 Å². The number of ketones is 1. The summed E-state index contributed by atoms with van der Waals surface area (Å²) >= 11 is 0. The van der Waals surface area contributed by atoms with Crippen LogP contribution in [0.15, 0.2) is 12.7 Å². The van der Waals surface area contributed by atoms with Gasteiger partial charge >= 0.3 is 0 Å². The maximum Gasteiger partial charge on any atom is 0.155 e. The Bertz CT molecular complexity index is 127. The van der Waals surface area contributed by atoms with Gasteiger partial charge in [-0.25, -0.2) is 0 Å². The molecule has 0 amide bonds. The number of hydrogen-bond donors (Lipinski definition) is 0. The summed E-state index contributed by atoms with van der Waals surface area (Å²) in [5.74, 6) is 0.858. The van der Waals surface area contributed by atoms with Crippen LogP contribution in [0.2, 0.25) is 0 Å². The predicted octanol–water partition coefficient (Wildman–Crippen LogP) is 2.96. The fourth-order valence-electron chi connectivity index (χ4n) is 1.13. The molecule has 1 unspecified atom stereocenters. The van der Waals surface area contributed by atoms with Crippen molar-refractivity contribution in [3.05, 3.63) is 12.7 Å². The predicted molar refractivity (Wildman–Crippen MR) is 48.5 cm³/mol. The van der Waals surface area contributed by atoms with Gasteiger partial charge < -0.3 is 0 Å². The van der Waals surface area contributed by atoms with Crippen molar-refractivity contribution in [2.45, 2.75) is 39.5 Å². The zero-order chi connectivity index (χ0) is 8.69. The highest BCUT2D eigenvalue weighted by Gasteiger charge is 2.02. The molecule has 0 saturated carbocycles. The largest absolute Gasteiger partial charge is 0.295 e. The highest BCUT2D eigenvalue weighted by atomic mass is 16.1. The van der Waals surface area contributed by atoms with Gasteiger partial charge in [0.25, 0.3) is 0 Å². The van der Waals surface area contributed by atoms with Crippen LogP contribution >= 0.6 is 0 Å². The Labute approximate surface area is 69.5 Å². The highest BCUT2D eigenvalue weighted by Crippen LogP contribution is 2.12.